The summed E-state index contributed by atoms with van der Waals surface area (Å²) in [6.07, 6.45) is 0.986. The molecule has 0 bridgehead atoms. The molecule has 1 heterocycles. The molecule has 0 saturated carbocycles. The van der Waals surface area contributed by atoms with Crippen LogP contribution in [0.2, 0.25) is 0 Å². The van der Waals surface area contributed by atoms with Gasteiger partial charge >= 0.3 is 0 Å². The van der Waals surface area contributed by atoms with E-state index in [0.717, 1.165) is 49.4 Å². The summed E-state index contributed by atoms with van der Waals surface area (Å²) >= 11 is 9.22. The zero-order valence-electron chi connectivity index (χ0n) is 12.1. The van der Waals surface area contributed by atoms with E-state index in [4.69, 9.17) is 16.3 Å². The lowest BCUT2D eigenvalue weighted by Gasteiger charge is -2.21. The second kappa shape index (κ2) is 8.01. The summed E-state index contributed by atoms with van der Waals surface area (Å²) in [6, 6.07) is 5.45. The largest absolute Gasteiger partial charge is 0.496 e. The SMILES string of the molecule is COc1ccc(C(=O)N2CCCN(CCCl)CC2)cc1Br. The van der Waals surface area contributed by atoms with Crippen LogP contribution in [0.15, 0.2) is 22.7 Å². The topological polar surface area (TPSA) is 32.8 Å². The first kappa shape index (κ1) is 16.6. The van der Waals surface area contributed by atoms with Gasteiger partial charge in [0.25, 0.3) is 5.91 Å². The molecule has 0 atom stereocenters. The molecule has 0 spiro atoms. The number of alkyl halides is 1. The lowest BCUT2D eigenvalue weighted by Crippen LogP contribution is -2.35. The van der Waals surface area contributed by atoms with Crippen molar-refractivity contribution in [3.63, 3.8) is 0 Å². The van der Waals surface area contributed by atoms with E-state index in [1.165, 1.54) is 0 Å². The molecule has 0 radical (unpaired) electrons. The highest BCUT2D eigenvalue weighted by atomic mass is 79.9. The van der Waals surface area contributed by atoms with Gasteiger partial charge in [-0.2, -0.15) is 0 Å². The van der Waals surface area contributed by atoms with Crippen molar-refractivity contribution < 1.29 is 9.53 Å². The quantitative estimate of drug-likeness (QED) is 0.759. The Kier molecular flexibility index (Phi) is 6.33. The number of hydrogen-bond donors (Lipinski definition) is 0. The van der Waals surface area contributed by atoms with Crippen LogP contribution in [0.3, 0.4) is 0 Å². The maximum atomic E-state index is 12.6. The van der Waals surface area contributed by atoms with Gasteiger partial charge in [0.05, 0.1) is 11.6 Å². The summed E-state index contributed by atoms with van der Waals surface area (Å²) in [6.45, 7) is 4.32. The van der Waals surface area contributed by atoms with Crippen LogP contribution in [0, 0.1) is 0 Å². The van der Waals surface area contributed by atoms with Crippen LogP contribution in [0.5, 0.6) is 5.75 Å². The first-order chi connectivity index (χ1) is 10.2. The number of benzene rings is 1. The zero-order chi connectivity index (χ0) is 15.2. The van der Waals surface area contributed by atoms with E-state index in [1.807, 2.05) is 23.1 Å². The highest BCUT2D eigenvalue weighted by Gasteiger charge is 2.20. The number of carbonyl (C=O) groups is 1. The minimum Gasteiger partial charge on any atom is -0.496 e. The molecular weight excluding hydrogens is 356 g/mol. The van der Waals surface area contributed by atoms with Crippen LogP contribution in [-0.4, -0.2) is 61.4 Å². The summed E-state index contributed by atoms with van der Waals surface area (Å²) in [7, 11) is 1.61. The Labute approximate surface area is 139 Å². The third kappa shape index (κ3) is 4.34. The number of halogens is 2. The van der Waals surface area contributed by atoms with Crippen molar-refractivity contribution in [1.29, 1.82) is 0 Å². The smallest absolute Gasteiger partial charge is 0.253 e. The molecule has 0 unspecified atom stereocenters. The Morgan fingerprint density at radius 3 is 2.81 bits per heavy atom. The molecule has 116 valence electrons. The lowest BCUT2D eigenvalue weighted by molar-refractivity contribution is 0.0761. The third-order valence-corrected chi connectivity index (χ3v) is 4.46. The number of ether oxygens (including phenoxy) is 1. The fourth-order valence-corrected chi connectivity index (χ4v) is 3.28. The second-order valence-electron chi connectivity index (χ2n) is 5.03. The Balaban J connectivity index is 2.04. The molecule has 1 amide bonds. The molecule has 1 aromatic carbocycles. The molecule has 1 fully saturated rings. The van der Waals surface area contributed by atoms with Gasteiger partial charge in [-0.05, 0) is 47.1 Å². The van der Waals surface area contributed by atoms with Gasteiger partial charge in [-0.3, -0.25) is 4.79 Å². The van der Waals surface area contributed by atoms with Gasteiger partial charge in [-0.1, -0.05) is 0 Å². The number of methoxy groups -OCH3 is 1. The Bertz CT molecular complexity index is 499. The number of nitrogens with zero attached hydrogens (tertiary/aromatic N) is 2. The van der Waals surface area contributed by atoms with Gasteiger partial charge in [0.15, 0.2) is 0 Å². The third-order valence-electron chi connectivity index (χ3n) is 3.68. The molecule has 0 aliphatic carbocycles. The van der Waals surface area contributed by atoms with Gasteiger partial charge < -0.3 is 14.5 Å². The second-order valence-corrected chi connectivity index (χ2v) is 6.26. The summed E-state index contributed by atoms with van der Waals surface area (Å²) in [5.74, 6) is 1.45. The number of hydrogen-bond acceptors (Lipinski definition) is 3. The van der Waals surface area contributed by atoms with E-state index in [-0.39, 0.29) is 5.91 Å². The first-order valence-electron chi connectivity index (χ1n) is 7.07. The van der Waals surface area contributed by atoms with E-state index in [1.54, 1.807) is 7.11 Å². The van der Waals surface area contributed by atoms with Crippen molar-refractivity contribution >= 4 is 33.4 Å². The molecule has 1 aromatic rings. The van der Waals surface area contributed by atoms with Crippen molar-refractivity contribution in [1.82, 2.24) is 9.80 Å². The molecule has 1 aliphatic heterocycles. The first-order valence-corrected chi connectivity index (χ1v) is 8.39. The molecule has 21 heavy (non-hydrogen) atoms. The van der Waals surface area contributed by atoms with Crippen molar-refractivity contribution in [2.45, 2.75) is 6.42 Å². The molecule has 0 aromatic heterocycles. The van der Waals surface area contributed by atoms with Crippen LogP contribution < -0.4 is 4.74 Å². The minimum absolute atomic E-state index is 0.0751. The molecule has 2 rings (SSSR count). The van der Waals surface area contributed by atoms with Gasteiger partial charge in [0.2, 0.25) is 0 Å². The minimum atomic E-state index is 0.0751. The predicted molar refractivity (Wildman–Crippen MR) is 88.4 cm³/mol. The number of carbonyl (C=O) groups excluding carboxylic acids is 1. The summed E-state index contributed by atoms with van der Waals surface area (Å²) in [5.41, 5.74) is 0.688. The number of rotatable bonds is 4. The van der Waals surface area contributed by atoms with Crippen molar-refractivity contribution in [2.75, 3.05) is 45.7 Å². The predicted octanol–water partition coefficient (Wildman–Crippen LogP) is 2.84. The average Bonchev–Trinajstić information content (AvgIpc) is 2.72. The van der Waals surface area contributed by atoms with E-state index >= 15 is 0 Å². The summed E-state index contributed by atoms with van der Waals surface area (Å²) in [4.78, 5) is 16.8. The monoisotopic (exact) mass is 374 g/mol. The molecular formula is C15H20BrClN2O2. The van der Waals surface area contributed by atoms with Crippen molar-refractivity contribution in [3.8, 4) is 5.75 Å². The maximum Gasteiger partial charge on any atom is 0.253 e. The zero-order valence-corrected chi connectivity index (χ0v) is 14.5. The Morgan fingerprint density at radius 2 is 2.14 bits per heavy atom. The highest BCUT2D eigenvalue weighted by molar-refractivity contribution is 9.10. The van der Waals surface area contributed by atoms with Crippen molar-refractivity contribution in [3.05, 3.63) is 28.2 Å². The summed E-state index contributed by atoms with van der Waals surface area (Å²) in [5, 5.41) is 0. The summed E-state index contributed by atoms with van der Waals surface area (Å²) < 4.78 is 6.00. The van der Waals surface area contributed by atoms with Gasteiger partial charge in [-0.25, -0.2) is 0 Å². The fourth-order valence-electron chi connectivity index (χ4n) is 2.50. The normalized spacial score (nSPS) is 16.6. The maximum absolute atomic E-state index is 12.6. The van der Waals surface area contributed by atoms with Crippen LogP contribution in [0.4, 0.5) is 0 Å². The lowest BCUT2D eigenvalue weighted by atomic mass is 10.2. The molecule has 1 saturated heterocycles. The average molecular weight is 376 g/mol. The van der Waals surface area contributed by atoms with Gasteiger partial charge in [0, 0.05) is 37.6 Å². The van der Waals surface area contributed by atoms with E-state index in [9.17, 15) is 4.79 Å². The number of amides is 1. The Morgan fingerprint density at radius 1 is 1.33 bits per heavy atom. The Hall–Kier alpha value is -0.780. The van der Waals surface area contributed by atoms with Crippen molar-refractivity contribution in [2.24, 2.45) is 0 Å². The standard InChI is InChI=1S/C15H20BrClN2O2/c1-21-14-4-3-12(11-13(14)16)15(20)19-7-2-6-18(8-5-17)9-10-19/h3-4,11H,2,5-10H2,1H3. The van der Waals surface area contributed by atoms with Crippen LogP contribution in [0.25, 0.3) is 0 Å². The van der Waals surface area contributed by atoms with E-state index in [0.29, 0.717) is 11.4 Å². The highest BCUT2D eigenvalue weighted by Crippen LogP contribution is 2.26. The fraction of sp³-hybridized carbons (Fsp3) is 0.533. The molecule has 6 heteroatoms. The van der Waals surface area contributed by atoms with Crippen LogP contribution >= 0.6 is 27.5 Å². The molecule has 0 N–H and O–H groups in total. The van der Waals surface area contributed by atoms with Crippen LogP contribution in [0.1, 0.15) is 16.8 Å². The van der Waals surface area contributed by atoms with Gasteiger partial charge in [-0.15, -0.1) is 11.6 Å². The van der Waals surface area contributed by atoms with E-state index < -0.39 is 0 Å². The van der Waals surface area contributed by atoms with E-state index in [2.05, 4.69) is 20.8 Å². The van der Waals surface area contributed by atoms with Gasteiger partial charge in [0.1, 0.15) is 5.75 Å². The molecule has 1 aliphatic rings. The molecule has 4 nitrogen and oxygen atoms in total. The van der Waals surface area contributed by atoms with Crippen LogP contribution in [-0.2, 0) is 0 Å².